The maximum Gasteiger partial charge on any atom is 0.250 e. The number of benzene rings is 1. The first-order valence-electron chi connectivity index (χ1n) is 7.87. The van der Waals surface area contributed by atoms with Crippen LogP contribution in [-0.4, -0.2) is 26.9 Å². The molecular formula is C17H21ClN2O3S2. The molecule has 0 unspecified atom stereocenters. The van der Waals surface area contributed by atoms with Gasteiger partial charge in [-0.3, -0.25) is 4.79 Å². The summed E-state index contributed by atoms with van der Waals surface area (Å²) < 4.78 is 27.4. The van der Waals surface area contributed by atoms with Crippen molar-refractivity contribution >= 4 is 38.9 Å². The lowest BCUT2D eigenvalue weighted by Crippen LogP contribution is -2.49. The fourth-order valence-corrected chi connectivity index (χ4v) is 4.70. The first-order chi connectivity index (χ1) is 11.8. The highest BCUT2D eigenvalue weighted by Gasteiger charge is 2.28. The molecule has 0 aliphatic rings. The molecule has 0 aliphatic carbocycles. The van der Waals surface area contributed by atoms with Gasteiger partial charge in [0.25, 0.3) is 10.0 Å². The van der Waals surface area contributed by atoms with Gasteiger partial charge in [-0.15, -0.1) is 11.3 Å². The van der Waals surface area contributed by atoms with E-state index in [1.165, 1.54) is 6.07 Å². The van der Waals surface area contributed by atoms with Crippen LogP contribution in [0, 0.1) is 5.92 Å². The molecule has 1 aromatic heterocycles. The second kappa shape index (κ2) is 8.80. The molecule has 0 spiro atoms. The third-order valence-corrected chi connectivity index (χ3v) is 6.71. The van der Waals surface area contributed by atoms with Crippen molar-refractivity contribution in [3.05, 3.63) is 52.4 Å². The second-order valence-corrected chi connectivity index (χ2v) is 9.27. The van der Waals surface area contributed by atoms with Gasteiger partial charge in [-0.2, -0.15) is 4.72 Å². The van der Waals surface area contributed by atoms with Crippen molar-refractivity contribution in [1.82, 2.24) is 10.0 Å². The van der Waals surface area contributed by atoms with Crippen molar-refractivity contribution in [2.24, 2.45) is 5.92 Å². The van der Waals surface area contributed by atoms with Gasteiger partial charge in [0.15, 0.2) is 0 Å². The van der Waals surface area contributed by atoms with E-state index in [4.69, 9.17) is 11.6 Å². The summed E-state index contributed by atoms with van der Waals surface area (Å²) in [6.07, 6.45) is 0.644. The minimum absolute atomic E-state index is 0.176. The molecule has 2 aromatic rings. The number of rotatable bonds is 8. The van der Waals surface area contributed by atoms with Gasteiger partial charge in [0.1, 0.15) is 10.3 Å². The third kappa shape index (κ3) is 5.81. The topological polar surface area (TPSA) is 75.3 Å². The highest BCUT2D eigenvalue weighted by atomic mass is 35.5. The van der Waals surface area contributed by atoms with Crippen molar-refractivity contribution < 1.29 is 13.2 Å². The van der Waals surface area contributed by atoms with Crippen molar-refractivity contribution in [2.75, 3.05) is 6.54 Å². The number of thiophene rings is 1. The predicted molar refractivity (Wildman–Crippen MR) is 101 cm³/mol. The summed E-state index contributed by atoms with van der Waals surface area (Å²) in [4.78, 5) is 12.4. The molecule has 1 heterocycles. The first kappa shape index (κ1) is 19.9. The number of sulfonamides is 1. The highest BCUT2D eigenvalue weighted by molar-refractivity contribution is 7.91. The number of hydrogen-bond donors (Lipinski definition) is 2. The van der Waals surface area contributed by atoms with E-state index in [9.17, 15) is 13.2 Å². The minimum Gasteiger partial charge on any atom is -0.354 e. The van der Waals surface area contributed by atoms with E-state index in [2.05, 4.69) is 10.0 Å². The van der Waals surface area contributed by atoms with Crippen LogP contribution in [0.4, 0.5) is 0 Å². The van der Waals surface area contributed by atoms with Crippen LogP contribution in [0.5, 0.6) is 0 Å². The molecule has 2 rings (SSSR count). The zero-order valence-corrected chi connectivity index (χ0v) is 16.4. The monoisotopic (exact) mass is 400 g/mol. The van der Waals surface area contributed by atoms with Crippen LogP contribution in [-0.2, 0) is 21.2 Å². The molecule has 0 bridgehead atoms. The Morgan fingerprint density at radius 2 is 1.88 bits per heavy atom. The van der Waals surface area contributed by atoms with E-state index in [0.29, 0.717) is 18.0 Å². The van der Waals surface area contributed by atoms with Crippen LogP contribution in [0.2, 0.25) is 5.02 Å². The summed E-state index contributed by atoms with van der Waals surface area (Å²) in [6, 6.07) is 9.74. The van der Waals surface area contributed by atoms with Crippen LogP contribution < -0.4 is 10.0 Å². The third-order valence-electron chi connectivity index (χ3n) is 3.62. The van der Waals surface area contributed by atoms with Gasteiger partial charge in [0, 0.05) is 11.6 Å². The van der Waals surface area contributed by atoms with E-state index >= 15 is 0 Å². The van der Waals surface area contributed by atoms with Crippen LogP contribution in [0.25, 0.3) is 0 Å². The lowest BCUT2D eigenvalue weighted by atomic mass is 10.0. The van der Waals surface area contributed by atoms with Gasteiger partial charge < -0.3 is 5.32 Å². The lowest BCUT2D eigenvalue weighted by Gasteiger charge is -2.21. The molecular weight excluding hydrogens is 380 g/mol. The maximum absolute atomic E-state index is 12.4. The van der Waals surface area contributed by atoms with E-state index in [1.54, 1.807) is 37.4 Å². The predicted octanol–water partition coefficient (Wildman–Crippen LogP) is 3.06. The Bertz CT molecular complexity index is 788. The van der Waals surface area contributed by atoms with E-state index in [-0.39, 0.29) is 16.0 Å². The molecule has 5 nitrogen and oxygen atoms in total. The summed E-state index contributed by atoms with van der Waals surface area (Å²) in [5, 5.41) is 5.15. The number of nitrogens with one attached hydrogen (secondary N) is 2. The highest BCUT2D eigenvalue weighted by Crippen LogP contribution is 2.17. The van der Waals surface area contributed by atoms with E-state index in [1.807, 2.05) is 12.1 Å². The van der Waals surface area contributed by atoms with Crippen molar-refractivity contribution in [2.45, 2.75) is 30.5 Å². The molecule has 2 N–H and O–H groups in total. The van der Waals surface area contributed by atoms with E-state index in [0.717, 1.165) is 16.9 Å². The summed E-state index contributed by atoms with van der Waals surface area (Å²) in [5.74, 6) is -0.505. The molecule has 1 aromatic carbocycles. The van der Waals surface area contributed by atoms with E-state index < -0.39 is 16.1 Å². The Hall–Kier alpha value is -1.41. The fraction of sp³-hybridized carbons (Fsp3) is 0.353. The van der Waals surface area contributed by atoms with Gasteiger partial charge >= 0.3 is 0 Å². The zero-order valence-electron chi connectivity index (χ0n) is 14.0. The molecule has 0 aliphatic heterocycles. The van der Waals surface area contributed by atoms with Crippen molar-refractivity contribution in [1.29, 1.82) is 0 Å². The smallest absolute Gasteiger partial charge is 0.250 e. The van der Waals surface area contributed by atoms with Crippen LogP contribution in [0.3, 0.4) is 0 Å². The Labute approximate surface area is 157 Å². The molecule has 0 radical (unpaired) electrons. The average Bonchev–Trinajstić information content (AvgIpc) is 3.09. The van der Waals surface area contributed by atoms with Crippen LogP contribution in [0.15, 0.2) is 46.0 Å². The van der Waals surface area contributed by atoms with Gasteiger partial charge in [-0.05, 0) is 41.5 Å². The molecule has 0 saturated carbocycles. The second-order valence-electron chi connectivity index (χ2n) is 5.94. The summed E-state index contributed by atoms with van der Waals surface area (Å²) in [5.41, 5.74) is 1.05. The molecule has 8 heteroatoms. The van der Waals surface area contributed by atoms with Gasteiger partial charge in [-0.25, -0.2) is 8.42 Å². The Morgan fingerprint density at radius 1 is 1.20 bits per heavy atom. The average molecular weight is 401 g/mol. The molecule has 136 valence electrons. The SMILES string of the molecule is CC(C)[C@@H](NS(=O)(=O)c1cccs1)C(=O)NCCc1ccc(Cl)cc1. The molecule has 1 atom stereocenters. The summed E-state index contributed by atoms with van der Waals surface area (Å²) >= 11 is 6.96. The minimum atomic E-state index is -3.70. The largest absolute Gasteiger partial charge is 0.354 e. The Kier molecular flexibility index (Phi) is 7.01. The van der Waals surface area contributed by atoms with Crippen LogP contribution in [0.1, 0.15) is 19.4 Å². The molecule has 0 saturated heterocycles. The summed E-state index contributed by atoms with van der Waals surface area (Å²) in [7, 11) is -3.70. The number of halogens is 1. The fourth-order valence-electron chi connectivity index (χ4n) is 2.23. The number of amides is 1. The summed E-state index contributed by atoms with van der Waals surface area (Å²) in [6.45, 7) is 4.03. The quantitative estimate of drug-likeness (QED) is 0.715. The van der Waals surface area contributed by atoms with Crippen molar-refractivity contribution in [3.8, 4) is 0 Å². The normalized spacial score (nSPS) is 13.0. The van der Waals surface area contributed by atoms with Crippen LogP contribution >= 0.6 is 22.9 Å². The van der Waals surface area contributed by atoms with Gasteiger partial charge in [0.2, 0.25) is 5.91 Å². The molecule has 0 fully saturated rings. The maximum atomic E-state index is 12.4. The number of carbonyl (C=O) groups is 1. The van der Waals surface area contributed by atoms with Gasteiger partial charge in [-0.1, -0.05) is 43.6 Å². The standard InChI is InChI=1S/C17H21ClN2O3S2/c1-12(2)16(20-25(22,23)15-4-3-11-24-15)17(21)19-10-9-13-5-7-14(18)8-6-13/h3-8,11-12,16,20H,9-10H2,1-2H3,(H,19,21)/t16-/m1/s1. The zero-order chi connectivity index (χ0) is 18.4. The molecule has 25 heavy (non-hydrogen) atoms. The number of hydrogen-bond acceptors (Lipinski definition) is 4. The molecule has 1 amide bonds. The number of carbonyl (C=O) groups excluding carboxylic acids is 1. The Balaban J connectivity index is 1.95. The van der Waals surface area contributed by atoms with Crippen molar-refractivity contribution in [3.63, 3.8) is 0 Å². The lowest BCUT2D eigenvalue weighted by molar-refractivity contribution is -0.123. The van der Waals surface area contributed by atoms with Gasteiger partial charge in [0.05, 0.1) is 0 Å². The Morgan fingerprint density at radius 3 is 2.44 bits per heavy atom. The first-order valence-corrected chi connectivity index (χ1v) is 10.6.